The van der Waals surface area contributed by atoms with Gasteiger partial charge in [-0.15, -0.1) is 0 Å². The second-order valence-electron chi connectivity index (χ2n) is 4.67. The van der Waals surface area contributed by atoms with Gasteiger partial charge < -0.3 is 20.7 Å². The van der Waals surface area contributed by atoms with Crippen LogP contribution in [0.5, 0.6) is 0 Å². The summed E-state index contributed by atoms with van der Waals surface area (Å²) in [4.78, 5) is 14.2. The standard InChI is InChI=1S/C14H20BrN3O2/c1-2-17-14(19)13-9-20-6-5-18(13)12-4-3-10(8-16)7-11(12)15/h3-4,7,13H,2,5-6,8-9,16H2,1H3,(H,17,19). The number of halogens is 1. The number of likely N-dealkylation sites (N-methyl/N-ethyl adjacent to an activating group) is 1. The lowest BCUT2D eigenvalue weighted by atomic mass is 10.1. The number of nitrogens with two attached hydrogens (primary N) is 1. The summed E-state index contributed by atoms with van der Waals surface area (Å²) in [6.07, 6.45) is 0. The molecule has 1 heterocycles. The van der Waals surface area contributed by atoms with Crippen LogP contribution in [0.4, 0.5) is 5.69 Å². The molecule has 20 heavy (non-hydrogen) atoms. The Bertz CT molecular complexity index is 481. The molecule has 1 atom stereocenters. The van der Waals surface area contributed by atoms with Crippen LogP contribution in [0.25, 0.3) is 0 Å². The van der Waals surface area contributed by atoms with Gasteiger partial charge >= 0.3 is 0 Å². The van der Waals surface area contributed by atoms with Crippen molar-refractivity contribution in [2.75, 3.05) is 31.2 Å². The predicted molar refractivity (Wildman–Crippen MR) is 82.7 cm³/mol. The lowest BCUT2D eigenvalue weighted by molar-refractivity contribution is -0.124. The first-order valence-corrected chi connectivity index (χ1v) is 7.57. The third-order valence-corrected chi connectivity index (χ3v) is 3.97. The smallest absolute Gasteiger partial charge is 0.245 e. The largest absolute Gasteiger partial charge is 0.377 e. The third-order valence-electron chi connectivity index (χ3n) is 3.34. The molecule has 110 valence electrons. The zero-order valence-electron chi connectivity index (χ0n) is 11.6. The van der Waals surface area contributed by atoms with Crippen LogP contribution in [-0.2, 0) is 16.1 Å². The van der Waals surface area contributed by atoms with Gasteiger partial charge in [0.05, 0.1) is 18.9 Å². The van der Waals surface area contributed by atoms with E-state index >= 15 is 0 Å². The van der Waals surface area contributed by atoms with Crippen molar-refractivity contribution in [1.29, 1.82) is 0 Å². The third kappa shape index (κ3) is 3.31. The number of ether oxygens (including phenoxy) is 1. The minimum absolute atomic E-state index is 0.00185. The van der Waals surface area contributed by atoms with E-state index in [1.165, 1.54) is 0 Å². The first kappa shape index (κ1) is 15.3. The fourth-order valence-electron chi connectivity index (χ4n) is 2.31. The summed E-state index contributed by atoms with van der Waals surface area (Å²) in [6.45, 7) is 4.77. The Kier molecular flexibility index (Phi) is 5.39. The number of carbonyl (C=O) groups is 1. The summed E-state index contributed by atoms with van der Waals surface area (Å²) in [5.74, 6) is 0.00185. The molecule has 1 unspecified atom stereocenters. The second kappa shape index (κ2) is 7.06. The summed E-state index contributed by atoms with van der Waals surface area (Å²) in [5, 5.41) is 2.86. The molecule has 0 aromatic heterocycles. The molecule has 0 radical (unpaired) electrons. The molecule has 1 aliphatic rings. The Hall–Kier alpha value is -1.11. The minimum Gasteiger partial charge on any atom is -0.377 e. The van der Waals surface area contributed by atoms with Gasteiger partial charge in [0.15, 0.2) is 0 Å². The van der Waals surface area contributed by atoms with E-state index in [9.17, 15) is 4.79 Å². The first-order chi connectivity index (χ1) is 9.67. The van der Waals surface area contributed by atoms with Crippen LogP contribution in [0, 0.1) is 0 Å². The number of nitrogens with zero attached hydrogens (tertiary/aromatic N) is 1. The van der Waals surface area contributed by atoms with Crippen LogP contribution >= 0.6 is 15.9 Å². The Balaban J connectivity index is 2.25. The maximum Gasteiger partial charge on any atom is 0.245 e. The maximum absolute atomic E-state index is 12.1. The van der Waals surface area contributed by atoms with Crippen molar-refractivity contribution in [2.24, 2.45) is 5.73 Å². The monoisotopic (exact) mass is 341 g/mol. The number of morpholine rings is 1. The minimum atomic E-state index is -0.288. The molecule has 6 heteroatoms. The van der Waals surface area contributed by atoms with Gasteiger partial charge in [-0.3, -0.25) is 4.79 Å². The van der Waals surface area contributed by atoms with E-state index in [-0.39, 0.29) is 11.9 Å². The van der Waals surface area contributed by atoms with Crippen LogP contribution in [0.2, 0.25) is 0 Å². The van der Waals surface area contributed by atoms with Crippen molar-refractivity contribution < 1.29 is 9.53 Å². The Morgan fingerprint density at radius 1 is 1.60 bits per heavy atom. The normalized spacial score (nSPS) is 18.9. The molecule has 0 aliphatic carbocycles. The zero-order valence-corrected chi connectivity index (χ0v) is 13.1. The number of benzene rings is 1. The molecule has 5 nitrogen and oxygen atoms in total. The van der Waals surface area contributed by atoms with Gasteiger partial charge in [0, 0.05) is 24.1 Å². The molecule has 1 aliphatic heterocycles. The van der Waals surface area contributed by atoms with Crippen molar-refractivity contribution in [2.45, 2.75) is 19.5 Å². The molecule has 1 aromatic rings. The molecule has 2 rings (SSSR count). The van der Waals surface area contributed by atoms with Gasteiger partial charge in [-0.1, -0.05) is 6.07 Å². The van der Waals surface area contributed by atoms with E-state index in [4.69, 9.17) is 10.5 Å². The van der Waals surface area contributed by atoms with Crippen LogP contribution < -0.4 is 16.0 Å². The average molecular weight is 342 g/mol. The van der Waals surface area contributed by atoms with Gasteiger partial charge in [-0.25, -0.2) is 0 Å². The number of carbonyl (C=O) groups excluding carboxylic acids is 1. The van der Waals surface area contributed by atoms with E-state index < -0.39 is 0 Å². The van der Waals surface area contributed by atoms with Gasteiger partial charge in [0.1, 0.15) is 6.04 Å². The van der Waals surface area contributed by atoms with Crippen molar-refractivity contribution in [3.05, 3.63) is 28.2 Å². The van der Waals surface area contributed by atoms with Crippen molar-refractivity contribution in [3.8, 4) is 0 Å². The number of amides is 1. The van der Waals surface area contributed by atoms with E-state index in [0.717, 1.165) is 15.7 Å². The molecule has 0 saturated carbocycles. The van der Waals surface area contributed by atoms with E-state index in [1.54, 1.807) is 0 Å². The molecular formula is C14H20BrN3O2. The molecule has 0 bridgehead atoms. The number of anilines is 1. The van der Waals surface area contributed by atoms with Crippen molar-refractivity contribution in [1.82, 2.24) is 5.32 Å². The molecular weight excluding hydrogens is 322 g/mol. The molecule has 1 aromatic carbocycles. The number of rotatable bonds is 4. The summed E-state index contributed by atoms with van der Waals surface area (Å²) in [5.41, 5.74) is 7.70. The molecule has 0 spiro atoms. The molecule has 1 saturated heterocycles. The quantitative estimate of drug-likeness (QED) is 0.864. The van der Waals surface area contributed by atoms with Crippen LogP contribution in [0.3, 0.4) is 0 Å². The summed E-state index contributed by atoms with van der Waals surface area (Å²) >= 11 is 3.57. The van der Waals surface area contributed by atoms with Gasteiger partial charge in [-0.2, -0.15) is 0 Å². The van der Waals surface area contributed by atoms with Crippen molar-refractivity contribution in [3.63, 3.8) is 0 Å². The fourth-order valence-corrected chi connectivity index (χ4v) is 2.97. The highest BCUT2D eigenvalue weighted by molar-refractivity contribution is 9.10. The molecule has 3 N–H and O–H groups in total. The van der Waals surface area contributed by atoms with Gasteiger partial charge in [0.25, 0.3) is 0 Å². The van der Waals surface area contributed by atoms with E-state index in [1.807, 2.05) is 25.1 Å². The maximum atomic E-state index is 12.1. The van der Waals surface area contributed by atoms with Crippen LogP contribution in [0.15, 0.2) is 22.7 Å². The number of hydrogen-bond donors (Lipinski definition) is 2. The second-order valence-corrected chi connectivity index (χ2v) is 5.52. The highest BCUT2D eigenvalue weighted by Crippen LogP contribution is 2.30. The van der Waals surface area contributed by atoms with Crippen molar-refractivity contribution >= 4 is 27.5 Å². The summed E-state index contributed by atoms with van der Waals surface area (Å²) in [6, 6.07) is 5.71. The summed E-state index contributed by atoms with van der Waals surface area (Å²) < 4.78 is 6.40. The lowest BCUT2D eigenvalue weighted by Crippen LogP contribution is -2.54. The number of hydrogen-bond acceptors (Lipinski definition) is 4. The fraction of sp³-hybridized carbons (Fsp3) is 0.500. The SMILES string of the molecule is CCNC(=O)C1COCCN1c1ccc(CN)cc1Br. The molecule has 1 fully saturated rings. The van der Waals surface area contributed by atoms with Crippen LogP contribution in [-0.4, -0.2) is 38.3 Å². The lowest BCUT2D eigenvalue weighted by Gasteiger charge is -2.36. The first-order valence-electron chi connectivity index (χ1n) is 6.78. The Morgan fingerprint density at radius 2 is 2.40 bits per heavy atom. The van der Waals surface area contributed by atoms with E-state index in [2.05, 4.69) is 26.1 Å². The van der Waals surface area contributed by atoms with E-state index in [0.29, 0.717) is 32.8 Å². The zero-order chi connectivity index (χ0) is 14.5. The Morgan fingerprint density at radius 3 is 3.05 bits per heavy atom. The average Bonchev–Trinajstić information content (AvgIpc) is 2.47. The predicted octanol–water partition coefficient (Wildman–Crippen LogP) is 1.25. The highest BCUT2D eigenvalue weighted by Gasteiger charge is 2.30. The van der Waals surface area contributed by atoms with Crippen LogP contribution in [0.1, 0.15) is 12.5 Å². The molecule has 1 amide bonds. The van der Waals surface area contributed by atoms with Gasteiger partial charge in [0.2, 0.25) is 5.91 Å². The van der Waals surface area contributed by atoms with Gasteiger partial charge in [-0.05, 0) is 40.5 Å². The summed E-state index contributed by atoms with van der Waals surface area (Å²) in [7, 11) is 0. The highest BCUT2D eigenvalue weighted by atomic mass is 79.9. The Labute approximate surface area is 127 Å². The number of nitrogens with one attached hydrogen (secondary N) is 1. The topological polar surface area (TPSA) is 67.6 Å².